The Morgan fingerprint density at radius 1 is 1.21 bits per heavy atom. The molecule has 0 saturated heterocycles. The number of ether oxygens (including phenoxy) is 1. The van der Waals surface area contributed by atoms with Crippen molar-refractivity contribution >= 4 is 5.91 Å². The number of carbonyl (C=O) groups excluding carboxylic acids is 1. The lowest BCUT2D eigenvalue weighted by molar-refractivity contribution is 0.0933. The van der Waals surface area contributed by atoms with Gasteiger partial charge in [0.2, 0.25) is 0 Å². The minimum Gasteiger partial charge on any atom is -0.487 e. The van der Waals surface area contributed by atoms with E-state index in [0.29, 0.717) is 18.5 Å². The van der Waals surface area contributed by atoms with Gasteiger partial charge in [-0.2, -0.15) is 0 Å². The molecule has 0 aliphatic carbocycles. The van der Waals surface area contributed by atoms with Crippen molar-refractivity contribution < 1.29 is 13.9 Å². The molecule has 4 rings (SSSR count). The molecule has 1 N–H and O–H groups in total. The molecule has 28 heavy (non-hydrogen) atoms. The molecular weight excluding hydrogens is 357 g/mol. The van der Waals surface area contributed by atoms with Crippen LogP contribution in [-0.2, 0) is 6.42 Å². The van der Waals surface area contributed by atoms with Gasteiger partial charge in [0, 0.05) is 23.7 Å². The van der Waals surface area contributed by atoms with E-state index in [4.69, 9.17) is 4.74 Å². The van der Waals surface area contributed by atoms with Gasteiger partial charge in [0.15, 0.2) is 0 Å². The van der Waals surface area contributed by atoms with Crippen LogP contribution in [0.2, 0.25) is 0 Å². The molecule has 0 bridgehead atoms. The lowest BCUT2D eigenvalue weighted by Crippen LogP contribution is -2.34. The van der Waals surface area contributed by atoms with Crippen LogP contribution in [-0.4, -0.2) is 28.5 Å². The van der Waals surface area contributed by atoms with Crippen molar-refractivity contribution in [1.82, 2.24) is 15.3 Å². The molecule has 5 nitrogen and oxygen atoms in total. The van der Waals surface area contributed by atoms with Gasteiger partial charge in [0.05, 0.1) is 23.6 Å². The molecule has 0 radical (unpaired) electrons. The quantitative estimate of drug-likeness (QED) is 0.754. The molecule has 1 atom stereocenters. The number of aryl methyl sites for hydroxylation is 2. The Bertz CT molecular complexity index is 1030. The highest BCUT2D eigenvalue weighted by Gasteiger charge is 2.27. The fourth-order valence-electron chi connectivity index (χ4n) is 3.34. The summed E-state index contributed by atoms with van der Waals surface area (Å²) in [7, 11) is 0. The molecule has 2 heterocycles. The summed E-state index contributed by atoms with van der Waals surface area (Å²) in [5.74, 6) is 0.180. The molecule has 0 saturated carbocycles. The Kier molecular flexibility index (Phi) is 4.77. The van der Waals surface area contributed by atoms with Crippen LogP contribution in [0.1, 0.15) is 27.3 Å². The van der Waals surface area contributed by atoms with Crippen LogP contribution in [0.3, 0.4) is 0 Å². The van der Waals surface area contributed by atoms with E-state index in [-0.39, 0.29) is 17.8 Å². The summed E-state index contributed by atoms with van der Waals surface area (Å²) in [5, 5.41) is 2.86. The molecule has 6 heteroatoms. The molecule has 0 fully saturated rings. The zero-order valence-electron chi connectivity index (χ0n) is 15.7. The second-order valence-electron chi connectivity index (χ2n) is 6.90. The average molecular weight is 377 g/mol. The van der Waals surface area contributed by atoms with Crippen molar-refractivity contribution in [2.24, 2.45) is 0 Å². The maximum absolute atomic E-state index is 13.0. The van der Waals surface area contributed by atoms with Crippen LogP contribution in [0.4, 0.5) is 4.39 Å². The molecule has 3 aromatic rings. The van der Waals surface area contributed by atoms with E-state index >= 15 is 0 Å². The van der Waals surface area contributed by atoms with E-state index in [9.17, 15) is 9.18 Å². The summed E-state index contributed by atoms with van der Waals surface area (Å²) < 4.78 is 19.2. The number of carbonyl (C=O) groups is 1. The van der Waals surface area contributed by atoms with Gasteiger partial charge in [-0.25, -0.2) is 9.37 Å². The second kappa shape index (κ2) is 7.38. The predicted octanol–water partition coefficient (Wildman–Crippen LogP) is 3.63. The molecule has 1 amide bonds. The topological polar surface area (TPSA) is 64.1 Å². The number of hydrogen-bond acceptors (Lipinski definition) is 4. The maximum Gasteiger partial charge on any atom is 0.251 e. The van der Waals surface area contributed by atoms with Gasteiger partial charge in [-0.15, -0.1) is 0 Å². The number of nitrogens with zero attached hydrogens (tertiary/aromatic N) is 2. The Hall–Kier alpha value is -3.28. The van der Waals surface area contributed by atoms with Crippen LogP contribution in [0.25, 0.3) is 11.3 Å². The molecule has 0 spiro atoms. The minimum atomic E-state index is -0.367. The van der Waals surface area contributed by atoms with Gasteiger partial charge in [-0.3, -0.25) is 9.78 Å². The molecule has 2 aromatic carbocycles. The summed E-state index contributed by atoms with van der Waals surface area (Å²) in [6.07, 6.45) is 2.28. The van der Waals surface area contributed by atoms with Crippen molar-refractivity contribution in [1.29, 1.82) is 0 Å². The van der Waals surface area contributed by atoms with Crippen molar-refractivity contribution in [3.05, 3.63) is 77.0 Å². The largest absolute Gasteiger partial charge is 0.487 e. The van der Waals surface area contributed by atoms with E-state index < -0.39 is 0 Å². The number of benzene rings is 2. The maximum atomic E-state index is 13.0. The first-order valence-corrected chi connectivity index (χ1v) is 9.14. The third-order valence-electron chi connectivity index (χ3n) is 4.76. The normalized spacial score (nSPS) is 15.0. The third-order valence-corrected chi connectivity index (χ3v) is 4.76. The van der Waals surface area contributed by atoms with Crippen molar-refractivity contribution in [3.63, 3.8) is 0 Å². The lowest BCUT2D eigenvalue weighted by atomic mass is 10.0. The zero-order valence-corrected chi connectivity index (χ0v) is 15.7. The second-order valence-corrected chi connectivity index (χ2v) is 6.90. The number of amides is 1. The van der Waals surface area contributed by atoms with E-state index in [1.807, 2.05) is 32.0 Å². The van der Waals surface area contributed by atoms with Crippen LogP contribution >= 0.6 is 0 Å². The van der Waals surface area contributed by atoms with Gasteiger partial charge in [-0.05, 0) is 49.7 Å². The summed E-state index contributed by atoms with van der Waals surface area (Å²) >= 11 is 0. The Labute approximate surface area is 162 Å². The molecule has 142 valence electrons. The SMILES string of the molecule is Cc1cnc(C)c(-c2cccc3c2O[C@@H](CNC(=O)c2ccc(F)cc2)C3)n1. The van der Waals surface area contributed by atoms with Crippen LogP contribution < -0.4 is 10.1 Å². The Morgan fingerprint density at radius 2 is 2.00 bits per heavy atom. The Morgan fingerprint density at radius 3 is 2.79 bits per heavy atom. The molecule has 1 aromatic heterocycles. The number of hydrogen-bond donors (Lipinski definition) is 1. The standard InChI is InChI=1S/C22H20FN3O2/c1-13-11-24-14(2)20(26-13)19-5-3-4-16-10-18(28-21(16)19)12-25-22(27)15-6-8-17(23)9-7-15/h3-9,11,18H,10,12H2,1-2H3,(H,25,27)/t18-/m1/s1. The van der Waals surface area contributed by atoms with Gasteiger partial charge in [0.1, 0.15) is 17.7 Å². The van der Waals surface area contributed by atoms with Crippen molar-refractivity contribution in [2.75, 3.05) is 6.54 Å². The first-order valence-electron chi connectivity index (χ1n) is 9.14. The van der Waals surface area contributed by atoms with E-state index in [1.165, 1.54) is 24.3 Å². The summed E-state index contributed by atoms with van der Waals surface area (Å²) in [6, 6.07) is 11.5. The number of rotatable bonds is 4. The molecule has 1 aliphatic heterocycles. The highest BCUT2D eigenvalue weighted by Crippen LogP contribution is 2.38. The predicted molar refractivity (Wildman–Crippen MR) is 104 cm³/mol. The zero-order chi connectivity index (χ0) is 19.7. The number of halogens is 1. The molecule has 0 unspecified atom stereocenters. The first kappa shape index (κ1) is 18.1. The first-order chi connectivity index (χ1) is 13.5. The highest BCUT2D eigenvalue weighted by atomic mass is 19.1. The number of fused-ring (bicyclic) bond motifs is 1. The van der Waals surface area contributed by atoms with E-state index in [0.717, 1.165) is 34.0 Å². The lowest BCUT2D eigenvalue weighted by Gasteiger charge is -2.14. The molecular formula is C22H20FN3O2. The van der Waals surface area contributed by atoms with E-state index in [2.05, 4.69) is 15.3 Å². The monoisotopic (exact) mass is 377 g/mol. The van der Waals surface area contributed by atoms with Crippen LogP contribution in [0, 0.1) is 19.7 Å². The number of nitrogens with one attached hydrogen (secondary N) is 1. The van der Waals surface area contributed by atoms with Crippen LogP contribution in [0.15, 0.2) is 48.7 Å². The highest BCUT2D eigenvalue weighted by molar-refractivity contribution is 5.94. The summed E-state index contributed by atoms with van der Waals surface area (Å²) in [6.45, 7) is 4.20. The average Bonchev–Trinajstić information content (AvgIpc) is 3.12. The van der Waals surface area contributed by atoms with Gasteiger partial charge < -0.3 is 10.1 Å². The number of para-hydroxylation sites is 1. The fraction of sp³-hybridized carbons (Fsp3) is 0.227. The van der Waals surface area contributed by atoms with Gasteiger partial charge >= 0.3 is 0 Å². The molecule has 1 aliphatic rings. The van der Waals surface area contributed by atoms with Gasteiger partial charge in [-0.1, -0.05) is 12.1 Å². The fourth-order valence-corrected chi connectivity index (χ4v) is 3.34. The number of aromatic nitrogens is 2. The van der Waals surface area contributed by atoms with Crippen molar-refractivity contribution in [2.45, 2.75) is 26.4 Å². The third kappa shape index (κ3) is 3.58. The Balaban J connectivity index is 1.49. The van der Waals surface area contributed by atoms with Crippen LogP contribution in [0.5, 0.6) is 5.75 Å². The summed E-state index contributed by atoms with van der Waals surface area (Å²) in [5.41, 5.74) is 4.92. The summed E-state index contributed by atoms with van der Waals surface area (Å²) in [4.78, 5) is 21.3. The van der Waals surface area contributed by atoms with Gasteiger partial charge in [0.25, 0.3) is 5.91 Å². The smallest absolute Gasteiger partial charge is 0.251 e. The van der Waals surface area contributed by atoms with Crippen molar-refractivity contribution in [3.8, 4) is 17.0 Å². The minimum absolute atomic E-state index is 0.168. The van der Waals surface area contributed by atoms with E-state index in [1.54, 1.807) is 6.20 Å².